The number of fused-ring (bicyclic) bond motifs is 4. The van der Waals surface area contributed by atoms with E-state index < -0.39 is 0 Å². The van der Waals surface area contributed by atoms with Crippen molar-refractivity contribution >= 4 is 49.6 Å². The van der Waals surface area contributed by atoms with Crippen molar-refractivity contribution in [2.45, 2.75) is 0 Å². The Morgan fingerprint density at radius 3 is 1.26 bits per heavy atom. The average molecular weight is 842 g/mol. The van der Waals surface area contributed by atoms with Crippen LogP contribution in [-0.2, 0) is 0 Å². The van der Waals surface area contributed by atoms with Crippen molar-refractivity contribution < 1.29 is 4.42 Å². The van der Waals surface area contributed by atoms with Crippen molar-refractivity contribution in [3.63, 3.8) is 0 Å². The number of nitrogens with zero attached hydrogens (tertiary/aromatic N) is 1. The van der Waals surface area contributed by atoms with E-state index in [0.29, 0.717) is 0 Å². The van der Waals surface area contributed by atoms with Gasteiger partial charge in [0.1, 0.15) is 11.3 Å². The topological polar surface area (TPSA) is 16.4 Å². The Morgan fingerprint density at radius 1 is 0.242 bits per heavy atom. The van der Waals surface area contributed by atoms with Gasteiger partial charge in [-0.3, -0.25) is 0 Å². The van der Waals surface area contributed by atoms with Crippen molar-refractivity contribution in [2.24, 2.45) is 0 Å². The summed E-state index contributed by atoms with van der Waals surface area (Å²) >= 11 is 0. The lowest BCUT2D eigenvalue weighted by molar-refractivity contribution is 0.632. The SMILES string of the molecule is c1ccc(-c2cccc(-c3ccc(N(c4ccc(-c5cccc(-c6oc7ccccc7c6-c6ccccc6)c5)cc4)c4ccc(-c5ccc6c(ccc7ccccc76)c5)cc4)cc3)c2)cc1. The minimum absolute atomic E-state index is 0.878. The quantitative estimate of drug-likeness (QED) is 0.135. The third-order valence-corrected chi connectivity index (χ3v) is 12.9. The first kappa shape index (κ1) is 38.9. The second kappa shape index (κ2) is 16.8. The molecule has 0 saturated heterocycles. The number of benzene rings is 11. The summed E-state index contributed by atoms with van der Waals surface area (Å²) in [6.45, 7) is 0. The van der Waals surface area contributed by atoms with Crippen molar-refractivity contribution in [2.75, 3.05) is 4.90 Å². The largest absolute Gasteiger partial charge is 0.455 e. The average Bonchev–Trinajstić information content (AvgIpc) is 3.80. The molecule has 1 heterocycles. The number of furan rings is 1. The first-order valence-electron chi connectivity index (χ1n) is 22.6. The number of rotatable bonds is 9. The predicted octanol–water partition coefficient (Wildman–Crippen LogP) is 18.2. The number of hydrogen-bond donors (Lipinski definition) is 0. The lowest BCUT2D eigenvalue weighted by Gasteiger charge is -2.26. The van der Waals surface area contributed by atoms with Crippen molar-refractivity contribution in [3.05, 3.63) is 261 Å². The minimum atomic E-state index is 0.878. The van der Waals surface area contributed by atoms with Crippen LogP contribution in [0.15, 0.2) is 265 Å². The molecule has 66 heavy (non-hydrogen) atoms. The molecule has 11 aromatic carbocycles. The van der Waals surface area contributed by atoms with Gasteiger partial charge in [-0.05, 0) is 132 Å². The Morgan fingerprint density at radius 2 is 0.652 bits per heavy atom. The molecule has 2 heteroatoms. The Kier molecular flexibility index (Phi) is 9.89. The van der Waals surface area contributed by atoms with Crippen LogP contribution >= 0.6 is 0 Å². The van der Waals surface area contributed by atoms with Crippen molar-refractivity contribution in [3.8, 4) is 67.0 Å². The molecule has 310 valence electrons. The fourth-order valence-corrected chi connectivity index (χ4v) is 9.54. The molecular formula is C64H43NO. The third kappa shape index (κ3) is 7.31. The second-order valence-electron chi connectivity index (χ2n) is 16.9. The summed E-state index contributed by atoms with van der Waals surface area (Å²) in [5, 5.41) is 6.17. The van der Waals surface area contributed by atoms with Gasteiger partial charge in [-0.1, -0.05) is 200 Å². The highest BCUT2D eigenvalue weighted by molar-refractivity contribution is 6.08. The van der Waals surface area contributed by atoms with Crippen molar-refractivity contribution in [1.29, 1.82) is 0 Å². The van der Waals surface area contributed by atoms with E-state index in [1.165, 1.54) is 54.9 Å². The van der Waals surface area contributed by atoms with Gasteiger partial charge in [0.05, 0.1) is 0 Å². The monoisotopic (exact) mass is 841 g/mol. The molecule has 12 aromatic rings. The van der Waals surface area contributed by atoms with E-state index in [2.05, 4.69) is 260 Å². The van der Waals surface area contributed by atoms with Gasteiger partial charge in [0.15, 0.2) is 0 Å². The minimum Gasteiger partial charge on any atom is -0.455 e. The molecule has 0 N–H and O–H groups in total. The summed E-state index contributed by atoms with van der Waals surface area (Å²) in [7, 11) is 0. The second-order valence-corrected chi connectivity index (χ2v) is 16.9. The van der Waals surface area contributed by atoms with E-state index in [0.717, 1.165) is 61.6 Å². The molecule has 0 aliphatic heterocycles. The molecule has 0 bridgehead atoms. The number of hydrogen-bond acceptors (Lipinski definition) is 2. The molecule has 0 aliphatic carbocycles. The Hall–Kier alpha value is -8.72. The van der Waals surface area contributed by atoms with Gasteiger partial charge < -0.3 is 9.32 Å². The van der Waals surface area contributed by atoms with Crippen LogP contribution in [0.3, 0.4) is 0 Å². The molecule has 2 nitrogen and oxygen atoms in total. The summed E-state index contributed by atoms with van der Waals surface area (Å²) in [5.74, 6) is 0.878. The van der Waals surface area contributed by atoms with Crippen LogP contribution in [0.4, 0.5) is 17.1 Å². The van der Waals surface area contributed by atoms with Crippen LogP contribution in [0, 0.1) is 0 Å². The first-order valence-corrected chi connectivity index (χ1v) is 22.6. The fourth-order valence-electron chi connectivity index (χ4n) is 9.54. The van der Waals surface area contributed by atoms with E-state index >= 15 is 0 Å². The van der Waals surface area contributed by atoms with Crippen LogP contribution < -0.4 is 4.90 Å². The van der Waals surface area contributed by atoms with Crippen LogP contribution in [-0.4, -0.2) is 0 Å². The van der Waals surface area contributed by atoms with Gasteiger partial charge in [0.25, 0.3) is 0 Å². The van der Waals surface area contributed by atoms with E-state index in [9.17, 15) is 0 Å². The number of anilines is 3. The zero-order valence-electron chi connectivity index (χ0n) is 36.2. The van der Waals surface area contributed by atoms with Crippen LogP contribution in [0.5, 0.6) is 0 Å². The maximum Gasteiger partial charge on any atom is 0.143 e. The molecular weight excluding hydrogens is 799 g/mol. The Labute approximate surface area is 384 Å². The van der Waals surface area contributed by atoms with E-state index in [1.807, 2.05) is 6.07 Å². The molecule has 0 fully saturated rings. The maximum atomic E-state index is 6.61. The standard InChI is InChI=1S/C64H43NO/c1-3-13-44(14-4-1)50-18-11-19-51(41-50)45-27-34-56(35-28-45)65(58-38-31-47(32-39-58)53-33-40-60-54(42-53)26-25-48-15-7-8-22-59(48)60)57-36-29-46(30-37-57)52-20-12-21-55(43-52)64-63(49-16-5-2-6-17-49)61-23-9-10-24-62(61)66-64/h1-43H. The molecule has 0 spiro atoms. The molecule has 0 saturated carbocycles. The lowest BCUT2D eigenvalue weighted by Crippen LogP contribution is -2.09. The molecule has 0 atom stereocenters. The molecule has 0 unspecified atom stereocenters. The molecule has 0 aliphatic rings. The molecule has 1 aromatic heterocycles. The van der Waals surface area contributed by atoms with Gasteiger partial charge in [0.2, 0.25) is 0 Å². The van der Waals surface area contributed by atoms with Gasteiger partial charge in [-0.2, -0.15) is 0 Å². The van der Waals surface area contributed by atoms with Gasteiger partial charge in [0, 0.05) is 33.6 Å². The van der Waals surface area contributed by atoms with Gasteiger partial charge >= 0.3 is 0 Å². The van der Waals surface area contributed by atoms with Crippen molar-refractivity contribution in [1.82, 2.24) is 0 Å². The van der Waals surface area contributed by atoms with E-state index in [-0.39, 0.29) is 0 Å². The maximum absolute atomic E-state index is 6.61. The van der Waals surface area contributed by atoms with Gasteiger partial charge in [-0.25, -0.2) is 0 Å². The van der Waals surface area contributed by atoms with Crippen LogP contribution in [0.1, 0.15) is 0 Å². The fraction of sp³-hybridized carbons (Fsp3) is 0. The molecule has 0 radical (unpaired) electrons. The van der Waals surface area contributed by atoms with E-state index in [4.69, 9.17) is 4.42 Å². The summed E-state index contributed by atoms with van der Waals surface area (Å²) in [4.78, 5) is 2.35. The zero-order valence-corrected chi connectivity index (χ0v) is 36.2. The molecule has 12 rings (SSSR count). The summed E-state index contributed by atoms with van der Waals surface area (Å²) in [5.41, 5.74) is 16.8. The highest BCUT2D eigenvalue weighted by atomic mass is 16.3. The molecule has 0 amide bonds. The zero-order chi connectivity index (χ0) is 43.8. The van der Waals surface area contributed by atoms with E-state index in [1.54, 1.807) is 0 Å². The normalized spacial score (nSPS) is 11.3. The van der Waals surface area contributed by atoms with Crippen LogP contribution in [0.2, 0.25) is 0 Å². The third-order valence-electron chi connectivity index (χ3n) is 12.9. The Bertz CT molecular complexity index is 3660. The highest BCUT2D eigenvalue weighted by Gasteiger charge is 2.19. The summed E-state index contributed by atoms with van der Waals surface area (Å²) in [6.07, 6.45) is 0. The van der Waals surface area contributed by atoms with Crippen LogP contribution in [0.25, 0.3) is 99.5 Å². The lowest BCUT2D eigenvalue weighted by atomic mass is 9.96. The summed E-state index contributed by atoms with van der Waals surface area (Å²) < 4.78 is 6.61. The summed E-state index contributed by atoms with van der Waals surface area (Å²) in [6, 6.07) is 93.7. The Balaban J connectivity index is 0.900. The smallest absolute Gasteiger partial charge is 0.143 e. The number of para-hydroxylation sites is 1. The highest BCUT2D eigenvalue weighted by Crippen LogP contribution is 2.43. The predicted molar refractivity (Wildman–Crippen MR) is 279 cm³/mol. The van der Waals surface area contributed by atoms with Gasteiger partial charge in [-0.15, -0.1) is 0 Å². The first-order chi connectivity index (χ1) is 32.7.